The van der Waals surface area contributed by atoms with Crippen LogP contribution >= 0.6 is 0 Å². The molecule has 0 unspecified atom stereocenters. The lowest BCUT2D eigenvalue weighted by Gasteiger charge is -2.21. The Hall–Kier alpha value is -2.55. The Kier molecular flexibility index (Phi) is 4.89. The summed E-state index contributed by atoms with van der Waals surface area (Å²) < 4.78 is 0. The molecule has 0 aliphatic carbocycles. The van der Waals surface area contributed by atoms with Crippen molar-refractivity contribution in [3.63, 3.8) is 0 Å². The second-order valence-electron chi connectivity index (χ2n) is 3.86. The molecule has 1 aromatic carbocycles. The maximum absolute atomic E-state index is 11.1. The molecule has 0 aromatic heterocycles. The fourth-order valence-corrected chi connectivity index (χ4v) is 1.82. The summed E-state index contributed by atoms with van der Waals surface area (Å²) in [6.45, 7) is 2.63. The first-order chi connectivity index (χ1) is 9.02. The van der Waals surface area contributed by atoms with Crippen molar-refractivity contribution >= 4 is 17.3 Å². The highest BCUT2D eigenvalue weighted by atomic mass is 16.6. The Labute approximate surface area is 110 Å². The minimum atomic E-state index is -1.33. The van der Waals surface area contributed by atoms with Crippen LogP contribution in [-0.2, 0) is 0 Å². The van der Waals surface area contributed by atoms with Gasteiger partial charge in [0.05, 0.1) is 11.5 Å². The Morgan fingerprint density at radius 1 is 1.58 bits per heavy atom. The normalized spacial score (nSPS) is 9.68. The van der Waals surface area contributed by atoms with Crippen LogP contribution in [-0.4, -0.2) is 29.1 Å². The Morgan fingerprint density at radius 3 is 2.74 bits per heavy atom. The summed E-state index contributed by atoms with van der Waals surface area (Å²) in [6, 6.07) is 4.20. The second-order valence-corrected chi connectivity index (χ2v) is 3.86. The van der Waals surface area contributed by atoms with E-state index in [0.717, 1.165) is 6.42 Å². The predicted molar refractivity (Wildman–Crippen MR) is 71.4 cm³/mol. The maximum atomic E-state index is 11.1. The third-order valence-electron chi connectivity index (χ3n) is 2.54. The van der Waals surface area contributed by atoms with Gasteiger partial charge >= 0.3 is 11.7 Å². The van der Waals surface area contributed by atoms with Gasteiger partial charge in [-0.25, -0.2) is 4.79 Å². The van der Waals surface area contributed by atoms with E-state index < -0.39 is 16.6 Å². The van der Waals surface area contributed by atoms with Crippen molar-refractivity contribution in [3.05, 3.63) is 33.9 Å². The summed E-state index contributed by atoms with van der Waals surface area (Å²) in [6.07, 6.45) is 5.99. The van der Waals surface area contributed by atoms with Gasteiger partial charge in [-0.2, -0.15) is 0 Å². The molecule has 1 rings (SSSR count). The van der Waals surface area contributed by atoms with Crippen molar-refractivity contribution in [2.75, 3.05) is 18.0 Å². The molecule has 0 aliphatic heterocycles. The van der Waals surface area contributed by atoms with Crippen LogP contribution in [0.1, 0.15) is 23.7 Å². The topological polar surface area (TPSA) is 83.7 Å². The Balaban J connectivity index is 3.40. The molecule has 0 saturated carbocycles. The standard InChI is InChI=1S/C13H14N2O4/c1-3-8-14(9-4-2)11-7-5-6-10(13(16)17)12(11)15(18)19/h1,5-7H,4,8-9H2,2H3,(H,16,17). The predicted octanol–water partition coefficient (Wildman–Crippen LogP) is 2.14. The van der Waals surface area contributed by atoms with Gasteiger partial charge in [0.2, 0.25) is 0 Å². The highest BCUT2D eigenvalue weighted by Crippen LogP contribution is 2.31. The number of nitro benzene ring substituents is 1. The first-order valence-corrected chi connectivity index (χ1v) is 5.72. The van der Waals surface area contributed by atoms with Crippen LogP contribution in [0.2, 0.25) is 0 Å². The average molecular weight is 262 g/mol. The number of hydrogen-bond donors (Lipinski definition) is 1. The third-order valence-corrected chi connectivity index (χ3v) is 2.54. The summed E-state index contributed by atoms with van der Waals surface area (Å²) >= 11 is 0. The fourth-order valence-electron chi connectivity index (χ4n) is 1.82. The molecule has 0 radical (unpaired) electrons. The number of aromatic carboxylic acids is 1. The minimum Gasteiger partial charge on any atom is -0.477 e. The number of hydrogen-bond acceptors (Lipinski definition) is 4. The van der Waals surface area contributed by atoms with Crippen molar-refractivity contribution in [1.29, 1.82) is 0 Å². The van der Waals surface area contributed by atoms with E-state index in [1.54, 1.807) is 4.90 Å². The molecule has 1 aromatic rings. The van der Waals surface area contributed by atoms with E-state index >= 15 is 0 Å². The van der Waals surface area contributed by atoms with Gasteiger partial charge in [-0.1, -0.05) is 18.9 Å². The van der Waals surface area contributed by atoms with Crippen LogP contribution in [0.3, 0.4) is 0 Å². The van der Waals surface area contributed by atoms with Gasteiger partial charge in [-0.15, -0.1) is 6.42 Å². The van der Waals surface area contributed by atoms with Gasteiger partial charge in [0.25, 0.3) is 0 Å². The lowest BCUT2D eigenvalue weighted by Crippen LogP contribution is -2.25. The number of rotatable bonds is 6. The smallest absolute Gasteiger partial charge is 0.342 e. The summed E-state index contributed by atoms with van der Waals surface area (Å²) in [5.74, 6) is 1.09. The number of anilines is 1. The van der Waals surface area contributed by atoms with Crippen LogP contribution in [0.15, 0.2) is 18.2 Å². The van der Waals surface area contributed by atoms with Gasteiger partial charge in [0, 0.05) is 6.54 Å². The van der Waals surface area contributed by atoms with Crippen molar-refractivity contribution in [2.45, 2.75) is 13.3 Å². The third kappa shape index (κ3) is 3.22. The Bertz CT molecular complexity index is 534. The van der Waals surface area contributed by atoms with E-state index in [4.69, 9.17) is 11.5 Å². The molecule has 0 spiro atoms. The minimum absolute atomic E-state index is 0.192. The van der Waals surface area contributed by atoms with E-state index in [-0.39, 0.29) is 17.8 Å². The van der Waals surface area contributed by atoms with Crippen LogP contribution in [0, 0.1) is 22.5 Å². The fraction of sp³-hybridized carbons (Fsp3) is 0.308. The van der Waals surface area contributed by atoms with Gasteiger partial charge in [-0.05, 0) is 18.6 Å². The number of benzene rings is 1. The van der Waals surface area contributed by atoms with Gasteiger partial charge in [0.15, 0.2) is 0 Å². The van der Waals surface area contributed by atoms with E-state index in [0.29, 0.717) is 6.54 Å². The SMILES string of the molecule is C#CCN(CCC)c1cccc(C(=O)O)c1[N+](=O)[O-]. The van der Waals surface area contributed by atoms with Crippen molar-refractivity contribution in [1.82, 2.24) is 0 Å². The number of nitro groups is 1. The molecule has 100 valence electrons. The van der Waals surface area contributed by atoms with Crippen molar-refractivity contribution in [2.24, 2.45) is 0 Å². The number of para-hydroxylation sites is 1. The van der Waals surface area contributed by atoms with Crippen LogP contribution < -0.4 is 4.90 Å². The zero-order valence-corrected chi connectivity index (χ0v) is 10.5. The zero-order valence-electron chi connectivity index (χ0n) is 10.5. The highest BCUT2D eigenvalue weighted by Gasteiger charge is 2.26. The first-order valence-electron chi connectivity index (χ1n) is 5.72. The van der Waals surface area contributed by atoms with E-state index in [1.807, 2.05) is 6.92 Å². The number of terminal acetylenes is 1. The maximum Gasteiger partial charge on any atom is 0.342 e. The molecular weight excluding hydrogens is 248 g/mol. The summed E-state index contributed by atoms with van der Waals surface area (Å²) in [5.41, 5.74) is -0.510. The summed E-state index contributed by atoms with van der Waals surface area (Å²) in [4.78, 5) is 23.1. The van der Waals surface area contributed by atoms with Gasteiger partial charge in [-0.3, -0.25) is 10.1 Å². The zero-order chi connectivity index (χ0) is 14.4. The average Bonchev–Trinajstić information content (AvgIpc) is 2.37. The first kappa shape index (κ1) is 14.5. The van der Waals surface area contributed by atoms with Gasteiger partial charge in [0.1, 0.15) is 11.3 Å². The lowest BCUT2D eigenvalue weighted by atomic mass is 10.1. The number of carboxylic acids is 1. The molecular formula is C13H14N2O4. The molecule has 6 heteroatoms. The van der Waals surface area contributed by atoms with Crippen LogP contribution in [0.25, 0.3) is 0 Å². The molecule has 0 fully saturated rings. The van der Waals surface area contributed by atoms with Crippen molar-refractivity contribution in [3.8, 4) is 12.3 Å². The van der Waals surface area contributed by atoms with E-state index in [2.05, 4.69) is 5.92 Å². The molecule has 6 nitrogen and oxygen atoms in total. The molecule has 1 N–H and O–H groups in total. The number of nitrogens with zero attached hydrogens (tertiary/aromatic N) is 2. The number of carboxylic acid groups (broad SMARTS) is 1. The highest BCUT2D eigenvalue weighted by molar-refractivity contribution is 5.95. The summed E-state index contributed by atoms with van der Waals surface area (Å²) in [7, 11) is 0. The molecule has 0 saturated heterocycles. The molecule has 0 amide bonds. The monoisotopic (exact) mass is 262 g/mol. The van der Waals surface area contributed by atoms with Crippen molar-refractivity contribution < 1.29 is 14.8 Å². The number of carbonyl (C=O) groups is 1. The molecule has 0 atom stereocenters. The largest absolute Gasteiger partial charge is 0.477 e. The van der Waals surface area contributed by atoms with Gasteiger partial charge < -0.3 is 10.0 Å². The molecule has 0 bridgehead atoms. The molecule has 0 heterocycles. The Morgan fingerprint density at radius 2 is 2.26 bits per heavy atom. The summed E-state index contributed by atoms with van der Waals surface area (Å²) in [5, 5.41) is 20.1. The quantitative estimate of drug-likeness (QED) is 0.482. The molecule has 19 heavy (non-hydrogen) atoms. The van der Waals surface area contributed by atoms with E-state index in [9.17, 15) is 14.9 Å². The second kappa shape index (κ2) is 6.40. The molecule has 0 aliphatic rings. The lowest BCUT2D eigenvalue weighted by molar-refractivity contribution is -0.384. The van der Waals surface area contributed by atoms with E-state index in [1.165, 1.54) is 18.2 Å². The van der Waals surface area contributed by atoms with Crippen LogP contribution in [0.4, 0.5) is 11.4 Å². The van der Waals surface area contributed by atoms with Crippen LogP contribution in [0.5, 0.6) is 0 Å².